The zero-order valence-corrected chi connectivity index (χ0v) is 9.98. The summed E-state index contributed by atoms with van der Waals surface area (Å²) in [5, 5.41) is 0. The molecule has 5 heteroatoms. The van der Waals surface area contributed by atoms with Gasteiger partial charge >= 0.3 is 5.97 Å². The second-order valence-corrected chi connectivity index (χ2v) is 4.69. The van der Waals surface area contributed by atoms with Crippen molar-refractivity contribution in [1.82, 2.24) is 4.90 Å². The SMILES string of the molecule is COC(=O)[C@H]1CN(C2CCCCC2)C(=O)C1=O. The fourth-order valence-electron chi connectivity index (χ4n) is 2.68. The lowest BCUT2D eigenvalue weighted by atomic mass is 9.94. The summed E-state index contributed by atoms with van der Waals surface area (Å²) in [6.45, 7) is 0.203. The van der Waals surface area contributed by atoms with Gasteiger partial charge in [-0.1, -0.05) is 19.3 Å². The van der Waals surface area contributed by atoms with Crippen LogP contribution in [0.5, 0.6) is 0 Å². The van der Waals surface area contributed by atoms with Gasteiger partial charge in [0.25, 0.3) is 5.91 Å². The Morgan fingerprint density at radius 2 is 1.88 bits per heavy atom. The molecular weight excluding hydrogens is 222 g/mol. The Kier molecular flexibility index (Phi) is 3.45. The fourth-order valence-corrected chi connectivity index (χ4v) is 2.68. The number of hydrogen-bond acceptors (Lipinski definition) is 4. The van der Waals surface area contributed by atoms with Gasteiger partial charge in [0, 0.05) is 12.6 Å². The first kappa shape index (κ1) is 12.1. The highest BCUT2D eigenvalue weighted by Crippen LogP contribution is 2.27. The molecule has 1 aliphatic carbocycles. The van der Waals surface area contributed by atoms with Crippen LogP contribution in [-0.4, -0.2) is 42.3 Å². The highest BCUT2D eigenvalue weighted by atomic mass is 16.5. The van der Waals surface area contributed by atoms with E-state index in [1.165, 1.54) is 13.5 Å². The maximum Gasteiger partial charge on any atom is 0.318 e. The Morgan fingerprint density at radius 1 is 1.24 bits per heavy atom. The van der Waals surface area contributed by atoms with Crippen molar-refractivity contribution in [1.29, 1.82) is 0 Å². The zero-order valence-electron chi connectivity index (χ0n) is 9.98. The summed E-state index contributed by atoms with van der Waals surface area (Å²) in [6.07, 6.45) is 5.24. The molecular formula is C12H17NO4. The maximum atomic E-state index is 11.8. The van der Waals surface area contributed by atoms with Gasteiger partial charge in [0.05, 0.1) is 7.11 Å². The van der Waals surface area contributed by atoms with Crippen LogP contribution < -0.4 is 0 Å². The van der Waals surface area contributed by atoms with Crippen LogP contribution >= 0.6 is 0 Å². The van der Waals surface area contributed by atoms with E-state index in [9.17, 15) is 14.4 Å². The van der Waals surface area contributed by atoms with Crippen molar-refractivity contribution in [2.24, 2.45) is 5.92 Å². The summed E-state index contributed by atoms with van der Waals surface area (Å²) < 4.78 is 4.55. The van der Waals surface area contributed by atoms with E-state index in [0.29, 0.717) is 0 Å². The average Bonchev–Trinajstić information content (AvgIpc) is 2.67. The van der Waals surface area contributed by atoms with Gasteiger partial charge < -0.3 is 9.64 Å². The third kappa shape index (κ3) is 2.18. The van der Waals surface area contributed by atoms with Crippen LogP contribution in [0, 0.1) is 5.92 Å². The molecule has 1 saturated carbocycles. The van der Waals surface area contributed by atoms with E-state index in [4.69, 9.17) is 0 Å². The standard InChI is InChI=1S/C12H17NO4/c1-17-12(16)9-7-13(11(15)10(9)14)8-5-3-2-4-6-8/h8-9H,2-7H2,1H3/t9-/m0/s1. The smallest absolute Gasteiger partial charge is 0.318 e. The summed E-state index contributed by atoms with van der Waals surface area (Å²) in [5.74, 6) is -2.62. The molecule has 0 radical (unpaired) electrons. The van der Waals surface area contributed by atoms with Crippen LogP contribution in [-0.2, 0) is 19.1 Å². The van der Waals surface area contributed by atoms with E-state index < -0.39 is 23.6 Å². The topological polar surface area (TPSA) is 63.7 Å². The predicted molar refractivity (Wildman–Crippen MR) is 59.1 cm³/mol. The number of Topliss-reactive ketones (excluding diaryl/α,β-unsaturated/α-hetero) is 1. The van der Waals surface area contributed by atoms with Crippen LogP contribution in [0.15, 0.2) is 0 Å². The molecule has 0 aromatic carbocycles. The molecule has 2 rings (SSSR count). The van der Waals surface area contributed by atoms with Gasteiger partial charge in [-0.05, 0) is 12.8 Å². The Hall–Kier alpha value is -1.39. The van der Waals surface area contributed by atoms with Crippen molar-refractivity contribution in [3.05, 3.63) is 0 Å². The first-order valence-corrected chi connectivity index (χ1v) is 6.07. The number of likely N-dealkylation sites (tertiary alicyclic amines) is 1. The molecule has 1 heterocycles. The summed E-state index contributed by atoms with van der Waals surface area (Å²) in [5.41, 5.74) is 0. The number of rotatable bonds is 2. The number of carbonyl (C=O) groups is 3. The van der Waals surface area contributed by atoms with Crippen molar-refractivity contribution in [2.75, 3.05) is 13.7 Å². The average molecular weight is 239 g/mol. The Labute approximate surface area is 100 Å². The number of esters is 1. The number of methoxy groups -OCH3 is 1. The van der Waals surface area contributed by atoms with Crippen LogP contribution in [0.2, 0.25) is 0 Å². The van der Waals surface area contributed by atoms with E-state index in [2.05, 4.69) is 4.74 Å². The molecule has 0 unspecified atom stereocenters. The molecule has 1 saturated heterocycles. The number of hydrogen-bond donors (Lipinski definition) is 0. The molecule has 1 aliphatic heterocycles. The number of ether oxygens (including phenoxy) is 1. The highest BCUT2D eigenvalue weighted by Gasteiger charge is 2.46. The lowest BCUT2D eigenvalue weighted by Crippen LogP contribution is -2.39. The van der Waals surface area contributed by atoms with E-state index in [0.717, 1.165) is 25.7 Å². The zero-order chi connectivity index (χ0) is 12.4. The molecule has 5 nitrogen and oxygen atoms in total. The molecule has 2 aliphatic rings. The normalized spacial score (nSPS) is 26.4. The van der Waals surface area contributed by atoms with Gasteiger partial charge in [-0.2, -0.15) is 0 Å². The molecule has 0 bridgehead atoms. The maximum absolute atomic E-state index is 11.8. The molecule has 1 amide bonds. The van der Waals surface area contributed by atoms with Crippen LogP contribution in [0.3, 0.4) is 0 Å². The summed E-state index contributed by atoms with van der Waals surface area (Å²) in [7, 11) is 1.24. The minimum Gasteiger partial charge on any atom is -0.468 e. The van der Waals surface area contributed by atoms with Gasteiger partial charge in [0.1, 0.15) is 5.92 Å². The van der Waals surface area contributed by atoms with Gasteiger partial charge in [-0.15, -0.1) is 0 Å². The minimum absolute atomic E-state index is 0.134. The van der Waals surface area contributed by atoms with Crippen molar-refractivity contribution in [2.45, 2.75) is 38.1 Å². The lowest BCUT2D eigenvalue weighted by Gasteiger charge is -2.30. The summed E-state index contributed by atoms with van der Waals surface area (Å²) >= 11 is 0. The van der Waals surface area contributed by atoms with Crippen LogP contribution in [0.25, 0.3) is 0 Å². The molecule has 94 valence electrons. The number of ketones is 1. The van der Waals surface area contributed by atoms with E-state index >= 15 is 0 Å². The molecule has 2 fully saturated rings. The van der Waals surface area contributed by atoms with Crippen molar-refractivity contribution >= 4 is 17.7 Å². The monoisotopic (exact) mass is 239 g/mol. The Bertz CT molecular complexity index is 346. The number of carbonyl (C=O) groups excluding carboxylic acids is 3. The van der Waals surface area contributed by atoms with E-state index in [1.54, 1.807) is 4.90 Å². The Balaban J connectivity index is 2.07. The quantitative estimate of drug-likeness (QED) is 0.400. The largest absolute Gasteiger partial charge is 0.468 e. The summed E-state index contributed by atoms with van der Waals surface area (Å²) in [4.78, 5) is 36.4. The van der Waals surface area contributed by atoms with Crippen LogP contribution in [0.1, 0.15) is 32.1 Å². The fraction of sp³-hybridized carbons (Fsp3) is 0.750. The molecule has 17 heavy (non-hydrogen) atoms. The van der Waals surface area contributed by atoms with E-state index in [-0.39, 0.29) is 12.6 Å². The van der Waals surface area contributed by atoms with Crippen LogP contribution in [0.4, 0.5) is 0 Å². The lowest BCUT2D eigenvalue weighted by molar-refractivity contribution is -0.150. The number of amides is 1. The summed E-state index contributed by atoms with van der Waals surface area (Å²) in [6, 6.07) is 0.134. The molecule has 1 atom stereocenters. The molecule has 0 N–H and O–H groups in total. The third-order valence-corrected chi connectivity index (χ3v) is 3.67. The highest BCUT2D eigenvalue weighted by molar-refractivity contribution is 6.42. The van der Waals surface area contributed by atoms with Gasteiger partial charge in [-0.25, -0.2) is 0 Å². The molecule has 0 aromatic rings. The molecule has 0 spiro atoms. The second kappa shape index (κ2) is 4.85. The van der Waals surface area contributed by atoms with Crippen molar-refractivity contribution < 1.29 is 19.1 Å². The van der Waals surface area contributed by atoms with Gasteiger partial charge in [-0.3, -0.25) is 14.4 Å². The number of nitrogens with zero attached hydrogens (tertiary/aromatic N) is 1. The van der Waals surface area contributed by atoms with Gasteiger partial charge in [0.2, 0.25) is 5.78 Å². The third-order valence-electron chi connectivity index (χ3n) is 3.67. The van der Waals surface area contributed by atoms with Crippen molar-refractivity contribution in [3.8, 4) is 0 Å². The Morgan fingerprint density at radius 3 is 2.47 bits per heavy atom. The first-order valence-electron chi connectivity index (χ1n) is 6.07. The minimum atomic E-state index is -0.908. The van der Waals surface area contributed by atoms with E-state index in [1.807, 2.05) is 0 Å². The second-order valence-electron chi connectivity index (χ2n) is 4.69. The van der Waals surface area contributed by atoms with Gasteiger partial charge in [0.15, 0.2) is 0 Å². The molecule has 0 aromatic heterocycles. The first-order chi connectivity index (χ1) is 8.15. The predicted octanol–water partition coefficient (Wildman–Crippen LogP) is 0.520. The van der Waals surface area contributed by atoms with Crippen molar-refractivity contribution in [3.63, 3.8) is 0 Å².